The lowest BCUT2D eigenvalue weighted by Crippen LogP contribution is -2.47. The van der Waals surface area contributed by atoms with E-state index in [1.54, 1.807) is 11.3 Å². The Morgan fingerprint density at radius 1 is 1.43 bits per heavy atom. The second-order valence-electron chi connectivity index (χ2n) is 7.47. The molecule has 2 saturated heterocycles. The maximum Gasteiger partial charge on any atom is 0.225 e. The number of nitrogens with one attached hydrogen (secondary N) is 1. The molecule has 1 unspecified atom stereocenters. The molecule has 0 bridgehead atoms. The van der Waals surface area contributed by atoms with Crippen molar-refractivity contribution in [3.8, 4) is 0 Å². The summed E-state index contributed by atoms with van der Waals surface area (Å²) in [7, 11) is 0. The minimum atomic E-state index is 0.215. The summed E-state index contributed by atoms with van der Waals surface area (Å²) in [6.45, 7) is 9.32. The van der Waals surface area contributed by atoms with E-state index in [0.29, 0.717) is 23.8 Å². The highest BCUT2D eigenvalue weighted by molar-refractivity contribution is 7.09. The van der Waals surface area contributed by atoms with Gasteiger partial charge < -0.3 is 10.2 Å². The maximum absolute atomic E-state index is 12.9. The van der Waals surface area contributed by atoms with Gasteiger partial charge in [0.05, 0.1) is 10.7 Å². The minimum Gasteiger partial charge on any atom is -0.342 e. The van der Waals surface area contributed by atoms with Gasteiger partial charge in [0.15, 0.2) is 0 Å². The normalized spacial score (nSPS) is 29.0. The van der Waals surface area contributed by atoms with Crippen molar-refractivity contribution in [2.45, 2.75) is 64.3 Å². The molecule has 4 nitrogen and oxygen atoms in total. The van der Waals surface area contributed by atoms with Crippen LogP contribution in [0.4, 0.5) is 0 Å². The van der Waals surface area contributed by atoms with Gasteiger partial charge in [-0.05, 0) is 45.1 Å². The molecule has 1 N–H and O–H groups in total. The second-order valence-corrected chi connectivity index (χ2v) is 8.35. The van der Waals surface area contributed by atoms with Gasteiger partial charge in [-0.2, -0.15) is 0 Å². The number of likely N-dealkylation sites (tertiary alicyclic amines) is 1. The first-order chi connectivity index (χ1) is 11.0. The first-order valence-corrected chi connectivity index (χ1v) is 9.90. The zero-order chi connectivity index (χ0) is 16.4. The van der Waals surface area contributed by atoms with E-state index in [4.69, 9.17) is 4.98 Å². The molecule has 0 spiro atoms. The number of hydrogen-bond donors (Lipinski definition) is 1. The molecule has 5 heteroatoms. The molecule has 2 aliphatic heterocycles. The fourth-order valence-electron chi connectivity index (χ4n) is 3.75. The highest BCUT2D eigenvalue weighted by Crippen LogP contribution is 2.32. The van der Waals surface area contributed by atoms with Crippen LogP contribution in [0.15, 0.2) is 5.38 Å². The molecular formula is C18H29N3OS. The number of nitrogens with zero attached hydrogens (tertiary/aromatic N) is 2. The van der Waals surface area contributed by atoms with Crippen LogP contribution in [0.5, 0.6) is 0 Å². The van der Waals surface area contributed by atoms with Gasteiger partial charge in [0.2, 0.25) is 5.91 Å². The smallest absolute Gasteiger partial charge is 0.225 e. The number of carbonyl (C=O) groups is 1. The molecule has 1 aromatic heterocycles. The van der Waals surface area contributed by atoms with E-state index in [1.165, 1.54) is 10.7 Å². The molecule has 1 aromatic rings. The monoisotopic (exact) mass is 335 g/mol. The van der Waals surface area contributed by atoms with Crippen molar-refractivity contribution in [2.24, 2.45) is 5.92 Å². The number of amides is 1. The number of aromatic nitrogens is 1. The highest BCUT2D eigenvalue weighted by Gasteiger charge is 2.32. The minimum absolute atomic E-state index is 0.215. The van der Waals surface area contributed by atoms with Crippen LogP contribution in [0.1, 0.15) is 69.0 Å². The van der Waals surface area contributed by atoms with Crippen LogP contribution in [0, 0.1) is 5.92 Å². The van der Waals surface area contributed by atoms with Gasteiger partial charge in [-0.25, -0.2) is 4.98 Å². The Bertz CT molecular complexity index is 542. The zero-order valence-corrected chi connectivity index (χ0v) is 15.4. The lowest BCUT2D eigenvalue weighted by Gasteiger charge is -2.36. The van der Waals surface area contributed by atoms with Crippen LogP contribution < -0.4 is 5.32 Å². The molecule has 3 rings (SSSR count). The maximum atomic E-state index is 12.9. The Balaban J connectivity index is 1.64. The summed E-state index contributed by atoms with van der Waals surface area (Å²) in [5, 5.41) is 6.86. The summed E-state index contributed by atoms with van der Waals surface area (Å²) in [6, 6.07) is 0.464. The number of hydrogen-bond acceptors (Lipinski definition) is 4. The van der Waals surface area contributed by atoms with E-state index < -0.39 is 0 Å². The van der Waals surface area contributed by atoms with Crippen LogP contribution >= 0.6 is 11.3 Å². The van der Waals surface area contributed by atoms with Gasteiger partial charge in [0, 0.05) is 36.3 Å². The first kappa shape index (κ1) is 16.9. The summed E-state index contributed by atoms with van der Waals surface area (Å²) in [6.07, 6.45) is 4.23. The van der Waals surface area contributed by atoms with E-state index in [-0.39, 0.29) is 5.92 Å². The Labute approximate surface area is 143 Å². The van der Waals surface area contributed by atoms with Crippen molar-refractivity contribution in [3.05, 3.63) is 16.1 Å². The van der Waals surface area contributed by atoms with Crippen LogP contribution in [0.3, 0.4) is 0 Å². The summed E-state index contributed by atoms with van der Waals surface area (Å²) in [5.74, 6) is 1.51. The molecule has 23 heavy (non-hydrogen) atoms. The third-order valence-electron chi connectivity index (χ3n) is 5.19. The molecule has 3 heterocycles. The topological polar surface area (TPSA) is 45.2 Å². The molecule has 2 fully saturated rings. The van der Waals surface area contributed by atoms with Gasteiger partial charge in [0.25, 0.3) is 0 Å². The van der Waals surface area contributed by atoms with E-state index in [1.807, 2.05) is 0 Å². The standard InChI is InChI=1S/C18H29N3OS/c1-12(2)16-11-23-17(20-16)15-5-4-8-21(10-15)18(22)14-6-7-19-13(3)9-14/h11-15,19H,4-10H2,1-3H3/t13-,14-,15?/m0/s1. The fourth-order valence-corrected chi connectivity index (χ4v) is 4.86. The summed E-state index contributed by atoms with van der Waals surface area (Å²) in [4.78, 5) is 19.8. The third kappa shape index (κ3) is 3.94. The van der Waals surface area contributed by atoms with Gasteiger partial charge in [0.1, 0.15) is 0 Å². The lowest BCUT2D eigenvalue weighted by atomic mass is 9.90. The summed E-state index contributed by atoms with van der Waals surface area (Å²) in [5.41, 5.74) is 1.20. The van der Waals surface area contributed by atoms with Gasteiger partial charge >= 0.3 is 0 Å². The Kier molecular flexibility index (Phi) is 5.37. The average molecular weight is 336 g/mol. The Morgan fingerprint density at radius 2 is 2.26 bits per heavy atom. The second kappa shape index (κ2) is 7.31. The molecular weight excluding hydrogens is 306 g/mol. The summed E-state index contributed by atoms with van der Waals surface area (Å²) >= 11 is 1.78. The van der Waals surface area contributed by atoms with Crippen LogP contribution in [0.25, 0.3) is 0 Å². The Morgan fingerprint density at radius 3 is 2.96 bits per heavy atom. The van der Waals surface area contributed by atoms with Crippen LogP contribution in [-0.4, -0.2) is 41.5 Å². The molecule has 128 valence electrons. The molecule has 1 amide bonds. The first-order valence-electron chi connectivity index (χ1n) is 9.02. The van der Waals surface area contributed by atoms with Crippen molar-refractivity contribution in [1.82, 2.24) is 15.2 Å². The molecule has 0 saturated carbocycles. The van der Waals surface area contributed by atoms with Crippen molar-refractivity contribution in [3.63, 3.8) is 0 Å². The van der Waals surface area contributed by atoms with Crippen LogP contribution in [0.2, 0.25) is 0 Å². The predicted octanol–water partition coefficient (Wildman–Crippen LogP) is 3.36. The molecule has 3 atom stereocenters. The summed E-state index contributed by atoms with van der Waals surface area (Å²) < 4.78 is 0. The number of thiazole rings is 1. The lowest BCUT2D eigenvalue weighted by molar-refractivity contribution is -0.138. The Hall–Kier alpha value is -0.940. The van der Waals surface area contributed by atoms with Gasteiger partial charge in [-0.15, -0.1) is 11.3 Å². The molecule has 0 aromatic carbocycles. The van der Waals surface area contributed by atoms with E-state index in [0.717, 1.165) is 45.3 Å². The third-order valence-corrected chi connectivity index (χ3v) is 6.21. The fraction of sp³-hybridized carbons (Fsp3) is 0.778. The molecule has 0 aliphatic carbocycles. The highest BCUT2D eigenvalue weighted by atomic mass is 32.1. The van der Waals surface area contributed by atoms with Crippen molar-refractivity contribution >= 4 is 17.2 Å². The van der Waals surface area contributed by atoms with Gasteiger partial charge in [-0.3, -0.25) is 4.79 Å². The predicted molar refractivity (Wildman–Crippen MR) is 94.9 cm³/mol. The number of rotatable bonds is 3. The number of carbonyl (C=O) groups excluding carboxylic acids is 1. The molecule has 0 radical (unpaired) electrons. The SMILES string of the molecule is CC(C)c1csc(C2CCCN(C(=O)[C@H]3CCN[C@@H](C)C3)C2)n1. The van der Waals surface area contributed by atoms with Crippen molar-refractivity contribution < 1.29 is 4.79 Å². The average Bonchev–Trinajstić information content (AvgIpc) is 3.04. The van der Waals surface area contributed by atoms with E-state index in [2.05, 4.69) is 36.4 Å². The van der Waals surface area contributed by atoms with Crippen LogP contribution in [-0.2, 0) is 4.79 Å². The van der Waals surface area contributed by atoms with Gasteiger partial charge in [-0.1, -0.05) is 13.8 Å². The molecule has 2 aliphatic rings. The zero-order valence-electron chi connectivity index (χ0n) is 14.5. The van der Waals surface area contributed by atoms with E-state index >= 15 is 0 Å². The number of piperidine rings is 2. The quantitative estimate of drug-likeness (QED) is 0.921. The van der Waals surface area contributed by atoms with E-state index in [9.17, 15) is 4.79 Å². The van der Waals surface area contributed by atoms with Crippen molar-refractivity contribution in [1.29, 1.82) is 0 Å². The largest absolute Gasteiger partial charge is 0.342 e. The van der Waals surface area contributed by atoms with Crippen molar-refractivity contribution in [2.75, 3.05) is 19.6 Å².